The highest BCUT2D eigenvalue weighted by Gasteiger charge is 2.34. The Morgan fingerprint density at radius 1 is 1.13 bits per heavy atom. The topological polar surface area (TPSA) is 55.1 Å². The molecule has 6 heteroatoms. The number of nitrogens with two attached hydrogens (primary N) is 1. The van der Waals surface area contributed by atoms with Gasteiger partial charge < -0.3 is 11.1 Å². The van der Waals surface area contributed by atoms with Gasteiger partial charge in [0.15, 0.2) is 0 Å². The molecule has 1 heterocycles. The summed E-state index contributed by atoms with van der Waals surface area (Å²) in [5.74, 6) is 2.49. The number of rotatable bonds is 4. The van der Waals surface area contributed by atoms with E-state index in [2.05, 4.69) is 17.4 Å². The average molecular weight is 373 g/mol. The third-order valence-corrected chi connectivity index (χ3v) is 7.62. The number of carbonyl (C=O) groups is 1. The van der Waals surface area contributed by atoms with Crippen molar-refractivity contribution in [3.05, 3.63) is 35.4 Å². The third-order valence-electron chi connectivity index (χ3n) is 4.60. The molecule has 1 aromatic carbocycles. The Morgan fingerprint density at radius 3 is 2.30 bits per heavy atom. The van der Waals surface area contributed by atoms with Crippen molar-refractivity contribution in [1.29, 1.82) is 0 Å². The van der Waals surface area contributed by atoms with Gasteiger partial charge in [0.25, 0.3) is 5.91 Å². The van der Waals surface area contributed by atoms with Crippen LogP contribution in [0.15, 0.2) is 24.3 Å². The number of halogens is 1. The number of carbonyl (C=O) groups excluding carboxylic acids is 1. The monoisotopic (exact) mass is 372 g/mol. The highest BCUT2D eigenvalue weighted by Crippen LogP contribution is 2.43. The fourth-order valence-corrected chi connectivity index (χ4v) is 6.11. The van der Waals surface area contributed by atoms with E-state index in [1.165, 1.54) is 23.5 Å². The van der Waals surface area contributed by atoms with Gasteiger partial charge in [-0.3, -0.25) is 4.79 Å². The van der Waals surface area contributed by atoms with Crippen LogP contribution in [0.2, 0.25) is 0 Å². The number of hydrogen-bond donors (Lipinski definition) is 2. The van der Waals surface area contributed by atoms with Gasteiger partial charge in [-0.1, -0.05) is 25.0 Å². The van der Waals surface area contributed by atoms with Gasteiger partial charge in [-0.05, 0) is 48.5 Å². The van der Waals surface area contributed by atoms with Gasteiger partial charge in [0.2, 0.25) is 0 Å². The minimum Gasteiger partial charge on any atom is -0.345 e. The highest BCUT2D eigenvalue weighted by atomic mass is 35.5. The predicted molar refractivity (Wildman–Crippen MR) is 104 cm³/mol. The molecule has 0 bridgehead atoms. The Morgan fingerprint density at radius 2 is 1.74 bits per heavy atom. The molecule has 3 rings (SSSR count). The Kier molecular flexibility index (Phi) is 7.14. The Labute approximate surface area is 153 Å². The SMILES string of the molecule is Cl.NCC1(NC(=O)c2ccc(C3SCCCS3)cc2)CCCC1. The second-order valence-corrected chi connectivity index (χ2v) is 8.92. The first kappa shape index (κ1) is 19.0. The molecule has 0 unspecified atom stereocenters. The van der Waals surface area contributed by atoms with Gasteiger partial charge >= 0.3 is 0 Å². The second kappa shape index (κ2) is 8.65. The van der Waals surface area contributed by atoms with Crippen LogP contribution in [-0.2, 0) is 0 Å². The van der Waals surface area contributed by atoms with Crippen molar-refractivity contribution in [3.8, 4) is 0 Å². The van der Waals surface area contributed by atoms with Crippen molar-refractivity contribution >= 4 is 41.8 Å². The molecule has 2 aliphatic rings. The molecule has 1 saturated heterocycles. The van der Waals surface area contributed by atoms with E-state index in [1.54, 1.807) is 0 Å². The lowest BCUT2D eigenvalue weighted by Crippen LogP contribution is -2.51. The van der Waals surface area contributed by atoms with Crippen LogP contribution in [0, 0.1) is 0 Å². The zero-order valence-corrected chi connectivity index (χ0v) is 15.7. The molecular formula is C17H25ClN2OS2. The van der Waals surface area contributed by atoms with E-state index >= 15 is 0 Å². The van der Waals surface area contributed by atoms with Crippen molar-refractivity contribution in [2.75, 3.05) is 18.1 Å². The molecule has 1 amide bonds. The minimum atomic E-state index is -0.176. The highest BCUT2D eigenvalue weighted by molar-refractivity contribution is 8.16. The Balaban J connectivity index is 0.00000192. The first-order valence-corrected chi connectivity index (χ1v) is 10.2. The normalized spacial score (nSPS) is 20.7. The van der Waals surface area contributed by atoms with Crippen molar-refractivity contribution < 1.29 is 4.79 Å². The van der Waals surface area contributed by atoms with E-state index in [0.29, 0.717) is 11.1 Å². The number of nitrogens with one attached hydrogen (secondary N) is 1. The molecule has 1 aliphatic heterocycles. The first-order chi connectivity index (χ1) is 10.7. The second-order valence-electron chi connectivity index (χ2n) is 6.19. The smallest absolute Gasteiger partial charge is 0.251 e. The number of amides is 1. The van der Waals surface area contributed by atoms with E-state index in [-0.39, 0.29) is 23.9 Å². The van der Waals surface area contributed by atoms with Crippen LogP contribution in [-0.4, -0.2) is 29.5 Å². The van der Waals surface area contributed by atoms with Crippen LogP contribution in [0.4, 0.5) is 0 Å². The molecule has 0 spiro atoms. The minimum absolute atomic E-state index is 0. The molecule has 23 heavy (non-hydrogen) atoms. The third kappa shape index (κ3) is 4.59. The first-order valence-electron chi connectivity index (χ1n) is 8.08. The summed E-state index contributed by atoms with van der Waals surface area (Å²) >= 11 is 4.01. The summed E-state index contributed by atoms with van der Waals surface area (Å²) < 4.78 is 0.524. The van der Waals surface area contributed by atoms with Crippen LogP contribution < -0.4 is 11.1 Å². The molecule has 2 fully saturated rings. The maximum absolute atomic E-state index is 12.5. The zero-order valence-electron chi connectivity index (χ0n) is 13.3. The van der Waals surface area contributed by atoms with E-state index in [9.17, 15) is 4.79 Å². The zero-order chi connectivity index (χ0) is 15.4. The summed E-state index contributed by atoms with van der Waals surface area (Å²) in [6.07, 6.45) is 5.62. The largest absolute Gasteiger partial charge is 0.345 e. The van der Waals surface area contributed by atoms with E-state index in [0.717, 1.165) is 31.2 Å². The van der Waals surface area contributed by atoms with Crippen LogP contribution in [0.3, 0.4) is 0 Å². The van der Waals surface area contributed by atoms with Crippen LogP contribution >= 0.6 is 35.9 Å². The van der Waals surface area contributed by atoms with E-state index < -0.39 is 0 Å². The van der Waals surface area contributed by atoms with Crippen molar-refractivity contribution in [3.63, 3.8) is 0 Å². The molecule has 3 nitrogen and oxygen atoms in total. The predicted octanol–water partition coefficient (Wildman–Crippen LogP) is 3.98. The standard InChI is InChI=1S/C17H24N2OS2.ClH/c18-12-17(8-1-2-9-17)19-15(20)13-4-6-14(7-5-13)16-21-10-3-11-22-16;/h4-7,16H,1-3,8-12,18H2,(H,19,20);1H. The number of thioether (sulfide) groups is 2. The lowest BCUT2D eigenvalue weighted by Gasteiger charge is -2.28. The summed E-state index contributed by atoms with van der Waals surface area (Å²) in [4.78, 5) is 12.5. The summed E-state index contributed by atoms with van der Waals surface area (Å²) in [6, 6.07) is 8.13. The van der Waals surface area contributed by atoms with Gasteiger partial charge in [0, 0.05) is 12.1 Å². The van der Waals surface area contributed by atoms with Gasteiger partial charge in [-0.2, -0.15) is 0 Å². The fourth-order valence-electron chi connectivity index (χ4n) is 3.22. The van der Waals surface area contributed by atoms with Crippen molar-refractivity contribution in [2.45, 2.75) is 42.2 Å². The van der Waals surface area contributed by atoms with Crippen LogP contribution in [0.1, 0.15) is 52.6 Å². The van der Waals surface area contributed by atoms with Crippen LogP contribution in [0.5, 0.6) is 0 Å². The lowest BCUT2D eigenvalue weighted by molar-refractivity contribution is 0.0903. The maximum atomic E-state index is 12.5. The molecule has 1 saturated carbocycles. The number of hydrogen-bond acceptors (Lipinski definition) is 4. The number of benzene rings is 1. The maximum Gasteiger partial charge on any atom is 0.251 e. The molecule has 1 aromatic rings. The molecule has 0 atom stereocenters. The Bertz CT molecular complexity index is 512. The quantitative estimate of drug-likeness (QED) is 0.839. The fraction of sp³-hybridized carbons (Fsp3) is 0.588. The Hall–Kier alpha value is -0.360. The summed E-state index contributed by atoms with van der Waals surface area (Å²) in [6.45, 7) is 0.534. The van der Waals surface area contributed by atoms with Crippen molar-refractivity contribution in [1.82, 2.24) is 5.32 Å². The van der Waals surface area contributed by atoms with Gasteiger partial charge in [0.05, 0.1) is 10.1 Å². The molecular weight excluding hydrogens is 348 g/mol. The molecule has 128 valence electrons. The molecule has 0 aromatic heterocycles. The molecule has 3 N–H and O–H groups in total. The molecule has 0 radical (unpaired) electrons. The van der Waals surface area contributed by atoms with Crippen LogP contribution in [0.25, 0.3) is 0 Å². The van der Waals surface area contributed by atoms with Gasteiger partial charge in [-0.25, -0.2) is 0 Å². The van der Waals surface area contributed by atoms with E-state index in [4.69, 9.17) is 5.73 Å². The van der Waals surface area contributed by atoms with E-state index in [1.807, 2.05) is 35.7 Å². The molecule has 1 aliphatic carbocycles. The average Bonchev–Trinajstić information content (AvgIpc) is 3.05. The van der Waals surface area contributed by atoms with Crippen molar-refractivity contribution in [2.24, 2.45) is 5.73 Å². The lowest BCUT2D eigenvalue weighted by atomic mass is 9.97. The summed E-state index contributed by atoms with van der Waals surface area (Å²) in [5.41, 5.74) is 7.79. The van der Waals surface area contributed by atoms with Gasteiger partial charge in [-0.15, -0.1) is 35.9 Å². The summed E-state index contributed by atoms with van der Waals surface area (Å²) in [5, 5.41) is 3.18. The summed E-state index contributed by atoms with van der Waals surface area (Å²) in [7, 11) is 0. The van der Waals surface area contributed by atoms with Gasteiger partial charge in [0.1, 0.15) is 0 Å².